The van der Waals surface area contributed by atoms with Crippen molar-refractivity contribution in [1.82, 2.24) is 14.5 Å². The Morgan fingerprint density at radius 3 is 1.68 bits per heavy atom. The first-order valence-corrected chi connectivity index (χ1v) is 19.0. The highest BCUT2D eigenvalue weighted by Crippen LogP contribution is 2.43. The van der Waals surface area contributed by atoms with Gasteiger partial charge in [0.15, 0.2) is 5.82 Å². The predicted octanol–water partition coefficient (Wildman–Crippen LogP) is 13.9. The lowest BCUT2D eigenvalue weighted by Gasteiger charge is -2.13. The van der Waals surface area contributed by atoms with Gasteiger partial charge >= 0.3 is 0 Å². The van der Waals surface area contributed by atoms with Gasteiger partial charge in [-0.15, -0.1) is 0 Å². The van der Waals surface area contributed by atoms with Crippen molar-refractivity contribution in [2.75, 3.05) is 0 Å². The van der Waals surface area contributed by atoms with Crippen LogP contribution >= 0.6 is 0 Å². The van der Waals surface area contributed by atoms with Crippen LogP contribution in [0.1, 0.15) is 0 Å². The van der Waals surface area contributed by atoms with Gasteiger partial charge in [-0.3, -0.25) is 0 Å². The van der Waals surface area contributed by atoms with Gasteiger partial charge in [-0.2, -0.15) is 0 Å². The van der Waals surface area contributed by atoms with Crippen molar-refractivity contribution in [2.24, 2.45) is 0 Å². The molecule has 0 fully saturated rings. The first-order valence-electron chi connectivity index (χ1n) is 19.0. The molecule has 3 heterocycles. The molecule has 56 heavy (non-hydrogen) atoms. The summed E-state index contributed by atoms with van der Waals surface area (Å²) in [5, 5.41) is 11.8. The standard InChI is InChI=1S/C52H31N3O/c1-3-14-32(15-4-1)45-31-46(54-52(53-45)33-26-27-39-37-20-8-7-18-35(37)36-19-9-10-21-38(36)44(39)30-33)42-24-13-23-40-41-28-29-48-49(51(41)56-50(40)42)43-22-11-12-25-47(43)55(48)34-16-5-2-6-17-34/h1-31H. The molecule has 0 atom stereocenters. The minimum absolute atomic E-state index is 0.668. The third kappa shape index (κ3) is 4.53. The summed E-state index contributed by atoms with van der Waals surface area (Å²) in [6.45, 7) is 0. The quantitative estimate of drug-likeness (QED) is 0.171. The molecule has 9 aromatic carbocycles. The molecule has 0 bridgehead atoms. The fourth-order valence-corrected chi connectivity index (χ4v) is 8.88. The van der Waals surface area contributed by atoms with Gasteiger partial charge in [-0.05, 0) is 80.8 Å². The lowest BCUT2D eigenvalue weighted by molar-refractivity contribution is 0.674. The van der Waals surface area contributed by atoms with Crippen LogP contribution in [0, 0.1) is 0 Å². The van der Waals surface area contributed by atoms with Gasteiger partial charge < -0.3 is 8.98 Å². The van der Waals surface area contributed by atoms with Gasteiger partial charge in [0, 0.05) is 38.5 Å². The minimum atomic E-state index is 0.668. The van der Waals surface area contributed by atoms with Crippen LogP contribution in [-0.2, 0) is 0 Å². The normalized spacial score (nSPS) is 11.9. The van der Waals surface area contributed by atoms with Crippen molar-refractivity contribution in [3.63, 3.8) is 0 Å². The van der Waals surface area contributed by atoms with Crippen molar-refractivity contribution in [3.8, 4) is 39.6 Å². The number of nitrogens with zero attached hydrogens (tertiary/aromatic N) is 3. The maximum Gasteiger partial charge on any atom is 0.160 e. The zero-order valence-electron chi connectivity index (χ0n) is 30.1. The molecule has 0 N–H and O–H groups in total. The predicted molar refractivity (Wildman–Crippen MR) is 232 cm³/mol. The highest BCUT2D eigenvalue weighted by Gasteiger charge is 2.21. The molecule has 3 aromatic heterocycles. The average molecular weight is 714 g/mol. The Morgan fingerprint density at radius 2 is 0.929 bits per heavy atom. The van der Waals surface area contributed by atoms with Gasteiger partial charge in [0.25, 0.3) is 0 Å². The minimum Gasteiger partial charge on any atom is -0.455 e. The van der Waals surface area contributed by atoms with Crippen LogP contribution in [0.15, 0.2) is 192 Å². The molecule has 4 heteroatoms. The van der Waals surface area contributed by atoms with E-state index in [-0.39, 0.29) is 0 Å². The fourth-order valence-electron chi connectivity index (χ4n) is 8.88. The summed E-state index contributed by atoms with van der Waals surface area (Å²) in [7, 11) is 0. The molecule has 4 nitrogen and oxygen atoms in total. The molecule has 0 spiro atoms. The summed E-state index contributed by atoms with van der Waals surface area (Å²) in [6, 6.07) is 66.4. The van der Waals surface area contributed by atoms with Crippen LogP contribution in [0.4, 0.5) is 0 Å². The first-order chi connectivity index (χ1) is 27.8. The highest BCUT2D eigenvalue weighted by molar-refractivity contribution is 6.26. The number of aromatic nitrogens is 3. The summed E-state index contributed by atoms with van der Waals surface area (Å²) in [5.41, 5.74) is 9.65. The first kappa shape index (κ1) is 30.9. The van der Waals surface area contributed by atoms with Gasteiger partial charge in [0.2, 0.25) is 0 Å². The van der Waals surface area contributed by atoms with Gasteiger partial charge in [-0.1, -0.05) is 140 Å². The van der Waals surface area contributed by atoms with E-state index in [1.807, 2.05) is 6.07 Å². The molecule has 0 amide bonds. The van der Waals surface area contributed by atoms with Gasteiger partial charge in [-0.25, -0.2) is 9.97 Å². The van der Waals surface area contributed by atoms with E-state index in [1.165, 1.54) is 32.3 Å². The number of para-hydroxylation sites is 3. The molecular weight excluding hydrogens is 683 g/mol. The summed E-state index contributed by atoms with van der Waals surface area (Å²) < 4.78 is 9.40. The molecule has 0 saturated carbocycles. The van der Waals surface area contributed by atoms with Crippen LogP contribution in [0.3, 0.4) is 0 Å². The Kier molecular flexibility index (Phi) is 6.60. The van der Waals surface area contributed by atoms with Crippen LogP contribution in [0.2, 0.25) is 0 Å². The number of hydrogen-bond donors (Lipinski definition) is 0. The molecule has 260 valence electrons. The van der Waals surface area contributed by atoms with E-state index in [0.29, 0.717) is 5.82 Å². The number of fused-ring (bicyclic) bond motifs is 13. The molecule has 0 unspecified atom stereocenters. The smallest absolute Gasteiger partial charge is 0.160 e. The largest absolute Gasteiger partial charge is 0.455 e. The Bertz CT molecular complexity index is 3490. The van der Waals surface area contributed by atoms with E-state index in [9.17, 15) is 0 Å². The summed E-state index contributed by atoms with van der Waals surface area (Å²) in [4.78, 5) is 10.6. The molecule has 0 saturated heterocycles. The van der Waals surface area contributed by atoms with Crippen molar-refractivity contribution in [3.05, 3.63) is 188 Å². The molecule has 12 rings (SSSR count). The van der Waals surface area contributed by atoms with Crippen molar-refractivity contribution in [1.29, 1.82) is 0 Å². The number of furan rings is 1. The Morgan fingerprint density at radius 1 is 0.357 bits per heavy atom. The van der Waals surface area contributed by atoms with E-state index in [0.717, 1.165) is 77.5 Å². The maximum atomic E-state index is 7.07. The van der Waals surface area contributed by atoms with Crippen LogP contribution in [0.5, 0.6) is 0 Å². The summed E-state index contributed by atoms with van der Waals surface area (Å²) >= 11 is 0. The maximum absolute atomic E-state index is 7.07. The monoisotopic (exact) mass is 713 g/mol. The number of benzene rings is 9. The Hall–Kier alpha value is -7.56. The van der Waals surface area contributed by atoms with Crippen LogP contribution in [-0.4, -0.2) is 14.5 Å². The molecule has 0 aliphatic carbocycles. The zero-order chi connectivity index (χ0) is 36.7. The topological polar surface area (TPSA) is 43.9 Å². The molecule has 12 aromatic rings. The molecule has 0 aliphatic heterocycles. The third-order valence-electron chi connectivity index (χ3n) is 11.4. The number of hydrogen-bond acceptors (Lipinski definition) is 3. The second kappa shape index (κ2) is 12.0. The Labute approximate surface area is 321 Å². The summed E-state index contributed by atoms with van der Waals surface area (Å²) in [5.74, 6) is 0.668. The molecular formula is C52H31N3O. The highest BCUT2D eigenvalue weighted by atomic mass is 16.3. The van der Waals surface area contributed by atoms with Gasteiger partial charge in [0.1, 0.15) is 11.2 Å². The molecule has 0 aliphatic rings. The second-order valence-corrected chi connectivity index (χ2v) is 14.5. The number of rotatable bonds is 4. The van der Waals surface area contributed by atoms with Crippen LogP contribution in [0.25, 0.3) is 116 Å². The van der Waals surface area contributed by atoms with E-state index < -0.39 is 0 Å². The lowest BCUT2D eigenvalue weighted by Crippen LogP contribution is -1.96. The zero-order valence-corrected chi connectivity index (χ0v) is 30.1. The molecule has 0 radical (unpaired) electrons. The SMILES string of the molecule is c1ccc(-c2cc(-c3cccc4c3oc3c4ccc4c3c3ccccc3n4-c3ccccc3)nc(-c3ccc4c5ccccc5c5ccccc5c4c3)n2)cc1. The van der Waals surface area contributed by atoms with Gasteiger partial charge in [0.05, 0.1) is 27.8 Å². The second-order valence-electron chi connectivity index (χ2n) is 14.5. The van der Waals surface area contributed by atoms with E-state index in [2.05, 4.69) is 187 Å². The van der Waals surface area contributed by atoms with E-state index >= 15 is 0 Å². The Balaban J connectivity index is 1.11. The summed E-state index contributed by atoms with van der Waals surface area (Å²) in [6.07, 6.45) is 0. The van der Waals surface area contributed by atoms with Crippen molar-refractivity contribution >= 4 is 76.1 Å². The fraction of sp³-hybridized carbons (Fsp3) is 0. The lowest BCUT2D eigenvalue weighted by atomic mass is 9.93. The van der Waals surface area contributed by atoms with Crippen molar-refractivity contribution in [2.45, 2.75) is 0 Å². The van der Waals surface area contributed by atoms with E-state index in [4.69, 9.17) is 14.4 Å². The third-order valence-corrected chi connectivity index (χ3v) is 11.4. The van der Waals surface area contributed by atoms with Crippen molar-refractivity contribution < 1.29 is 4.42 Å². The average Bonchev–Trinajstić information content (AvgIpc) is 3.83. The van der Waals surface area contributed by atoms with Crippen LogP contribution < -0.4 is 0 Å². The van der Waals surface area contributed by atoms with E-state index in [1.54, 1.807) is 0 Å².